The maximum absolute atomic E-state index is 12.0. The molecule has 2 aliphatic rings. The fraction of sp³-hybridized carbons (Fsp3) is 0.651. The summed E-state index contributed by atoms with van der Waals surface area (Å²) in [6.45, 7) is 8.64. The van der Waals surface area contributed by atoms with Gasteiger partial charge in [0.2, 0.25) is 0 Å². The zero-order chi connectivity index (χ0) is 33.4. The molecule has 0 amide bonds. The van der Waals surface area contributed by atoms with E-state index in [-0.39, 0.29) is 25.7 Å². The van der Waals surface area contributed by atoms with Crippen LogP contribution in [-0.2, 0) is 40.0 Å². The van der Waals surface area contributed by atoms with Gasteiger partial charge in [0.25, 0.3) is 0 Å². The third-order valence-corrected chi connectivity index (χ3v) is 11.5. The van der Waals surface area contributed by atoms with Crippen molar-refractivity contribution in [3.05, 3.63) is 82.4 Å². The number of methoxy groups -OCH3 is 1. The van der Waals surface area contributed by atoms with Gasteiger partial charge in [0.1, 0.15) is 0 Å². The highest BCUT2D eigenvalue weighted by atomic mass is 16.5. The fourth-order valence-corrected chi connectivity index (χ4v) is 8.31. The van der Waals surface area contributed by atoms with E-state index in [0.717, 1.165) is 55.8 Å². The Balaban J connectivity index is 1.19. The molecule has 0 aromatic heterocycles. The summed E-state index contributed by atoms with van der Waals surface area (Å²) in [5, 5.41) is 9.77. The molecular formula is C43H64O4. The molecule has 2 aromatic rings. The van der Waals surface area contributed by atoms with E-state index >= 15 is 0 Å². The molecule has 2 fully saturated rings. The van der Waals surface area contributed by atoms with Crippen molar-refractivity contribution in [3.63, 3.8) is 0 Å². The van der Waals surface area contributed by atoms with Crippen molar-refractivity contribution in [3.8, 4) is 0 Å². The number of benzene rings is 2. The van der Waals surface area contributed by atoms with Gasteiger partial charge in [0.05, 0.1) is 18.8 Å². The molecule has 1 N–H and O–H groups in total. The number of ether oxygens (including phenoxy) is 2. The Bertz CT molecular complexity index is 1200. The minimum Gasteiger partial charge on any atom is -0.462 e. The Morgan fingerprint density at radius 1 is 0.851 bits per heavy atom. The van der Waals surface area contributed by atoms with Crippen LogP contribution in [-0.4, -0.2) is 38.0 Å². The van der Waals surface area contributed by atoms with E-state index in [1.807, 2.05) is 0 Å². The lowest BCUT2D eigenvalue weighted by Crippen LogP contribution is -2.25. The van der Waals surface area contributed by atoms with Crippen LogP contribution < -0.4 is 0 Å². The van der Waals surface area contributed by atoms with Crippen LogP contribution in [0.15, 0.2) is 54.6 Å². The summed E-state index contributed by atoms with van der Waals surface area (Å²) >= 11 is 0. The topological polar surface area (TPSA) is 55.8 Å². The molecule has 0 radical (unpaired) electrons. The van der Waals surface area contributed by atoms with E-state index < -0.39 is 5.97 Å². The van der Waals surface area contributed by atoms with Crippen molar-refractivity contribution in [1.29, 1.82) is 0 Å². The second-order valence-electron chi connectivity index (χ2n) is 14.8. The Morgan fingerprint density at radius 3 is 2.13 bits per heavy atom. The van der Waals surface area contributed by atoms with Gasteiger partial charge in [-0.1, -0.05) is 101 Å². The summed E-state index contributed by atoms with van der Waals surface area (Å²) in [7, 11) is 1.52. The number of aliphatic hydroxyl groups is 1. The molecule has 0 aliphatic heterocycles. The lowest BCUT2D eigenvalue weighted by Gasteiger charge is -2.38. The second kappa shape index (κ2) is 20.2. The third kappa shape index (κ3) is 11.9. The van der Waals surface area contributed by atoms with Crippen LogP contribution in [0.25, 0.3) is 0 Å². The highest BCUT2D eigenvalue weighted by molar-refractivity contribution is 5.87. The zero-order valence-corrected chi connectivity index (χ0v) is 29.9. The van der Waals surface area contributed by atoms with E-state index in [1.54, 1.807) is 5.56 Å². The molecule has 47 heavy (non-hydrogen) atoms. The fourth-order valence-electron chi connectivity index (χ4n) is 8.31. The predicted octanol–water partition coefficient (Wildman–Crippen LogP) is 9.98. The van der Waals surface area contributed by atoms with Crippen molar-refractivity contribution in [2.45, 2.75) is 129 Å². The molecule has 0 bridgehead atoms. The predicted molar refractivity (Wildman–Crippen MR) is 195 cm³/mol. The number of aliphatic hydroxyl groups excluding tert-OH is 1. The molecular weight excluding hydrogens is 580 g/mol. The Labute approximate surface area is 286 Å². The van der Waals surface area contributed by atoms with E-state index in [4.69, 9.17) is 9.47 Å². The molecule has 0 heterocycles. The third-order valence-electron chi connectivity index (χ3n) is 11.5. The van der Waals surface area contributed by atoms with Crippen LogP contribution in [0.3, 0.4) is 0 Å². The molecule has 2 aromatic carbocycles. The number of aryl methyl sites for hydroxylation is 4. The number of hydrogen-bond acceptors (Lipinski definition) is 4. The Kier molecular flexibility index (Phi) is 16.0. The van der Waals surface area contributed by atoms with Gasteiger partial charge in [-0.25, -0.2) is 4.79 Å². The highest BCUT2D eigenvalue weighted by Crippen LogP contribution is 2.44. The number of carbonyl (C=O) groups excluding carboxylic acids is 1. The molecule has 2 saturated carbocycles. The summed E-state index contributed by atoms with van der Waals surface area (Å²) in [6, 6.07) is 16.3. The normalized spacial score (nSPS) is 22.1. The monoisotopic (exact) mass is 644 g/mol. The number of esters is 1. The number of unbranched alkanes of at least 4 members (excludes halogenated alkanes) is 2. The maximum atomic E-state index is 12.0. The van der Waals surface area contributed by atoms with Gasteiger partial charge in [-0.2, -0.15) is 0 Å². The first-order chi connectivity index (χ1) is 22.9. The molecule has 1 atom stereocenters. The first-order valence-corrected chi connectivity index (χ1v) is 19.1. The minimum atomic E-state index is -0.460. The summed E-state index contributed by atoms with van der Waals surface area (Å²) in [6.07, 6.45) is 22.1. The lowest BCUT2D eigenvalue weighted by molar-refractivity contribution is -0.141. The summed E-state index contributed by atoms with van der Waals surface area (Å²) < 4.78 is 10.2. The first-order valence-electron chi connectivity index (χ1n) is 19.1. The Hall–Kier alpha value is -2.43. The van der Waals surface area contributed by atoms with E-state index in [2.05, 4.69) is 62.9 Å². The molecule has 0 spiro atoms. The average molecular weight is 645 g/mol. The second-order valence-corrected chi connectivity index (χ2v) is 14.8. The SMILES string of the molecule is C=C(COC)C(=O)OCC(CO)CCc1ccc(CCc2ccc(C3CCC(C4CCC(CCCCC)CC4)CC3)cc2CC)cc1. The molecule has 2 aliphatic carbocycles. The van der Waals surface area contributed by atoms with Gasteiger partial charge in [-0.05, 0) is 122 Å². The van der Waals surface area contributed by atoms with Crippen molar-refractivity contribution in [2.24, 2.45) is 23.7 Å². The average Bonchev–Trinajstić information content (AvgIpc) is 3.11. The highest BCUT2D eigenvalue weighted by Gasteiger charge is 2.31. The van der Waals surface area contributed by atoms with Crippen LogP contribution in [0.5, 0.6) is 0 Å². The molecule has 1 unspecified atom stereocenters. The van der Waals surface area contributed by atoms with E-state index in [1.165, 1.54) is 106 Å². The van der Waals surface area contributed by atoms with Crippen LogP contribution >= 0.6 is 0 Å². The number of carbonyl (C=O) groups is 1. The summed E-state index contributed by atoms with van der Waals surface area (Å²) in [5.74, 6) is 3.20. The molecule has 260 valence electrons. The first kappa shape index (κ1) is 37.4. The van der Waals surface area contributed by atoms with Gasteiger partial charge >= 0.3 is 5.97 Å². The van der Waals surface area contributed by atoms with Gasteiger partial charge in [-0.15, -0.1) is 0 Å². The van der Waals surface area contributed by atoms with Gasteiger partial charge in [0, 0.05) is 19.6 Å². The largest absolute Gasteiger partial charge is 0.462 e. The maximum Gasteiger partial charge on any atom is 0.335 e. The number of rotatable bonds is 19. The molecule has 4 nitrogen and oxygen atoms in total. The standard InChI is InChI=1S/C43H64O4/c1-5-7-8-9-33-16-20-39(21-17-33)40-22-24-41(25-23-40)42-27-26-38(37(6-2)28-42)19-18-35-12-10-34(11-13-35)14-15-36(29-44)31-47-43(45)32(3)30-46-4/h10-13,26-28,33,36,39-41,44H,3,5-9,14-25,29-31H2,1-2,4H3. The van der Waals surface area contributed by atoms with Crippen LogP contribution in [0.2, 0.25) is 0 Å². The van der Waals surface area contributed by atoms with Crippen LogP contribution in [0.1, 0.15) is 131 Å². The lowest BCUT2D eigenvalue weighted by atomic mass is 9.68. The summed E-state index contributed by atoms with van der Waals surface area (Å²) in [5.41, 5.74) is 7.51. The van der Waals surface area contributed by atoms with Crippen molar-refractivity contribution < 1.29 is 19.4 Å². The van der Waals surface area contributed by atoms with Crippen molar-refractivity contribution >= 4 is 5.97 Å². The molecule has 4 rings (SSSR count). The molecule has 4 heteroatoms. The van der Waals surface area contributed by atoms with Crippen LogP contribution in [0.4, 0.5) is 0 Å². The van der Waals surface area contributed by atoms with Gasteiger partial charge in [-0.3, -0.25) is 0 Å². The quantitative estimate of drug-likeness (QED) is 0.0940. The van der Waals surface area contributed by atoms with Gasteiger partial charge < -0.3 is 14.6 Å². The van der Waals surface area contributed by atoms with Crippen molar-refractivity contribution in [1.82, 2.24) is 0 Å². The molecule has 0 saturated heterocycles. The number of hydrogen-bond donors (Lipinski definition) is 1. The van der Waals surface area contributed by atoms with E-state index in [9.17, 15) is 9.90 Å². The van der Waals surface area contributed by atoms with E-state index in [0.29, 0.717) is 5.57 Å². The zero-order valence-electron chi connectivity index (χ0n) is 29.9. The van der Waals surface area contributed by atoms with Crippen molar-refractivity contribution in [2.75, 3.05) is 26.9 Å². The van der Waals surface area contributed by atoms with Crippen LogP contribution in [0, 0.1) is 23.7 Å². The smallest absolute Gasteiger partial charge is 0.335 e. The summed E-state index contributed by atoms with van der Waals surface area (Å²) in [4.78, 5) is 12.0. The Morgan fingerprint density at radius 2 is 1.51 bits per heavy atom. The minimum absolute atomic E-state index is 0.0118. The van der Waals surface area contributed by atoms with Gasteiger partial charge in [0.15, 0.2) is 0 Å².